The van der Waals surface area contributed by atoms with Crippen molar-refractivity contribution in [2.45, 2.75) is 38.6 Å². The fourth-order valence-corrected chi connectivity index (χ4v) is 2.05. The van der Waals surface area contributed by atoms with E-state index in [0.717, 1.165) is 12.8 Å². The molecule has 1 aromatic rings. The Morgan fingerprint density at radius 1 is 1.32 bits per heavy atom. The van der Waals surface area contributed by atoms with Crippen molar-refractivity contribution in [1.29, 1.82) is 0 Å². The fraction of sp³-hybridized carbons (Fsp3) is 0.667. The minimum Gasteiger partial charge on any atom is -0.467 e. The van der Waals surface area contributed by atoms with E-state index in [2.05, 4.69) is 20.3 Å². The highest BCUT2D eigenvalue weighted by molar-refractivity contribution is 5.88. The molecule has 19 heavy (non-hydrogen) atoms. The van der Waals surface area contributed by atoms with Gasteiger partial charge in [-0.25, -0.2) is 0 Å². The normalized spacial score (nSPS) is 15.3. The minimum atomic E-state index is -0.139. The summed E-state index contributed by atoms with van der Waals surface area (Å²) in [6.45, 7) is 1.46. The third kappa shape index (κ3) is 3.30. The minimum absolute atomic E-state index is 0.139. The molecule has 2 rings (SSSR count). The van der Waals surface area contributed by atoms with Gasteiger partial charge in [0.2, 0.25) is 17.8 Å². The Morgan fingerprint density at radius 3 is 2.58 bits per heavy atom. The van der Waals surface area contributed by atoms with Gasteiger partial charge in [-0.05, 0) is 12.8 Å². The number of aromatic nitrogens is 3. The smallest absolute Gasteiger partial charge is 0.322 e. The number of ether oxygens (including phenoxy) is 1. The SMILES string of the molecule is COc1nc(NC2CCCC2)nc(N(C)C(C)=O)n1. The standard InChI is InChI=1S/C12H19N5O2/c1-8(18)17(2)11-14-10(15-12(16-11)19-3)13-9-6-4-5-7-9/h9H,4-7H2,1-3H3,(H,13,14,15,16). The van der Waals surface area contributed by atoms with Crippen LogP contribution in [0.3, 0.4) is 0 Å². The van der Waals surface area contributed by atoms with E-state index >= 15 is 0 Å². The molecule has 0 saturated heterocycles. The van der Waals surface area contributed by atoms with E-state index in [4.69, 9.17) is 4.74 Å². The molecule has 7 heteroatoms. The average molecular weight is 265 g/mol. The number of rotatable bonds is 4. The molecule has 0 aromatic carbocycles. The summed E-state index contributed by atoms with van der Waals surface area (Å²) in [4.78, 5) is 25.2. The Hall–Kier alpha value is -1.92. The molecule has 1 heterocycles. The largest absolute Gasteiger partial charge is 0.467 e. The first-order chi connectivity index (χ1) is 9.10. The maximum atomic E-state index is 11.4. The molecule has 0 atom stereocenters. The number of hydrogen-bond donors (Lipinski definition) is 1. The van der Waals surface area contributed by atoms with E-state index in [0.29, 0.717) is 17.9 Å². The van der Waals surface area contributed by atoms with Gasteiger partial charge in [0, 0.05) is 20.0 Å². The first-order valence-corrected chi connectivity index (χ1v) is 6.41. The van der Waals surface area contributed by atoms with Crippen molar-refractivity contribution in [2.75, 3.05) is 24.4 Å². The lowest BCUT2D eigenvalue weighted by Gasteiger charge is -2.16. The van der Waals surface area contributed by atoms with E-state index in [9.17, 15) is 4.79 Å². The number of amides is 1. The lowest BCUT2D eigenvalue weighted by molar-refractivity contribution is -0.116. The second-order valence-electron chi connectivity index (χ2n) is 4.65. The molecule has 1 amide bonds. The van der Waals surface area contributed by atoms with Crippen molar-refractivity contribution in [1.82, 2.24) is 15.0 Å². The monoisotopic (exact) mass is 265 g/mol. The van der Waals surface area contributed by atoms with Gasteiger partial charge in [0.05, 0.1) is 7.11 Å². The molecule has 7 nitrogen and oxygen atoms in total. The third-order valence-electron chi connectivity index (χ3n) is 3.25. The quantitative estimate of drug-likeness (QED) is 0.881. The number of nitrogens with one attached hydrogen (secondary N) is 1. The third-order valence-corrected chi connectivity index (χ3v) is 3.25. The molecule has 0 bridgehead atoms. The van der Waals surface area contributed by atoms with Crippen LogP contribution in [0.1, 0.15) is 32.6 Å². The van der Waals surface area contributed by atoms with Crippen LogP contribution in [0, 0.1) is 0 Å². The van der Waals surface area contributed by atoms with Crippen LogP contribution in [-0.2, 0) is 4.79 Å². The first kappa shape index (κ1) is 13.5. The van der Waals surface area contributed by atoms with Gasteiger partial charge in [-0.15, -0.1) is 0 Å². The van der Waals surface area contributed by atoms with Gasteiger partial charge >= 0.3 is 6.01 Å². The lowest BCUT2D eigenvalue weighted by Crippen LogP contribution is -2.26. The number of carbonyl (C=O) groups excluding carboxylic acids is 1. The number of nitrogens with zero attached hydrogens (tertiary/aromatic N) is 4. The number of carbonyl (C=O) groups is 1. The van der Waals surface area contributed by atoms with Crippen LogP contribution in [0.2, 0.25) is 0 Å². The number of anilines is 2. The maximum absolute atomic E-state index is 11.4. The van der Waals surface area contributed by atoms with Crippen molar-refractivity contribution in [3.63, 3.8) is 0 Å². The zero-order valence-corrected chi connectivity index (χ0v) is 11.5. The summed E-state index contributed by atoms with van der Waals surface area (Å²) in [5.41, 5.74) is 0. The highest BCUT2D eigenvalue weighted by atomic mass is 16.5. The zero-order valence-electron chi connectivity index (χ0n) is 11.5. The van der Waals surface area contributed by atoms with E-state index in [-0.39, 0.29) is 11.9 Å². The van der Waals surface area contributed by atoms with Crippen LogP contribution in [0.25, 0.3) is 0 Å². The zero-order chi connectivity index (χ0) is 13.8. The molecule has 0 aliphatic heterocycles. The second kappa shape index (κ2) is 5.81. The van der Waals surface area contributed by atoms with Gasteiger partial charge in [-0.2, -0.15) is 15.0 Å². The Balaban J connectivity index is 2.21. The molecule has 0 spiro atoms. The summed E-state index contributed by atoms with van der Waals surface area (Å²) in [5, 5.41) is 3.27. The van der Waals surface area contributed by atoms with Crippen molar-refractivity contribution in [3.8, 4) is 6.01 Å². The number of hydrogen-bond acceptors (Lipinski definition) is 6. The molecule has 1 saturated carbocycles. The highest BCUT2D eigenvalue weighted by Crippen LogP contribution is 2.22. The number of methoxy groups -OCH3 is 1. The Bertz CT molecular complexity index is 459. The van der Waals surface area contributed by atoms with Crippen molar-refractivity contribution < 1.29 is 9.53 Å². The Morgan fingerprint density at radius 2 is 2.00 bits per heavy atom. The second-order valence-corrected chi connectivity index (χ2v) is 4.65. The van der Waals surface area contributed by atoms with Gasteiger partial charge in [0.15, 0.2) is 0 Å². The predicted octanol–water partition coefficient (Wildman–Crippen LogP) is 1.22. The molecule has 0 radical (unpaired) electrons. The van der Waals surface area contributed by atoms with Crippen LogP contribution < -0.4 is 15.0 Å². The van der Waals surface area contributed by atoms with E-state index in [1.165, 1.54) is 31.8 Å². The predicted molar refractivity (Wildman–Crippen MR) is 71.3 cm³/mol. The molecule has 104 valence electrons. The summed E-state index contributed by atoms with van der Waals surface area (Å²) >= 11 is 0. The van der Waals surface area contributed by atoms with Gasteiger partial charge in [0.1, 0.15) is 0 Å². The molecule has 1 aromatic heterocycles. The van der Waals surface area contributed by atoms with Gasteiger partial charge in [-0.1, -0.05) is 12.8 Å². The Labute approximate surface area is 112 Å². The summed E-state index contributed by atoms with van der Waals surface area (Å²) in [5.74, 6) is 0.613. The van der Waals surface area contributed by atoms with Gasteiger partial charge in [0.25, 0.3) is 0 Å². The van der Waals surface area contributed by atoms with Crippen LogP contribution in [-0.4, -0.2) is 41.1 Å². The first-order valence-electron chi connectivity index (χ1n) is 6.41. The van der Waals surface area contributed by atoms with Crippen LogP contribution in [0.4, 0.5) is 11.9 Å². The molecule has 1 aliphatic rings. The molecular formula is C12H19N5O2. The summed E-state index contributed by atoms with van der Waals surface area (Å²) in [6.07, 6.45) is 4.68. The summed E-state index contributed by atoms with van der Waals surface area (Å²) in [6, 6.07) is 0.598. The van der Waals surface area contributed by atoms with Gasteiger partial charge < -0.3 is 10.1 Å². The topological polar surface area (TPSA) is 80.2 Å². The molecule has 1 N–H and O–H groups in total. The van der Waals surface area contributed by atoms with Gasteiger partial charge in [-0.3, -0.25) is 9.69 Å². The Kier molecular flexibility index (Phi) is 4.13. The van der Waals surface area contributed by atoms with Crippen molar-refractivity contribution in [2.24, 2.45) is 0 Å². The molecular weight excluding hydrogens is 246 g/mol. The lowest BCUT2D eigenvalue weighted by atomic mass is 10.3. The summed E-state index contributed by atoms with van der Waals surface area (Å²) < 4.78 is 5.05. The van der Waals surface area contributed by atoms with Crippen LogP contribution in [0.5, 0.6) is 6.01 Å². The van der Waals surface area contributed by atoms with Crippen molar-refractivity contribution >= 4 is 17.8 Å². The molecule has 1 aliphatic carbocycles. The molecule has 0 unspecified atom stereocenters. The average Bonchev–Trinajstić information content (AvgIpc) is 2.90. The summed E-state index contributed by atoms with van der Waals surface area (Å²) in [7, 11) is 3.11. The van der Waals surface area contributed by atoms with Crippen LogP contribution >= 0.6 is 0 Å². The molecule has 1 fully saturated rings. The van der Waals surface area contributed by atoms with E-state index in [1.54, 1.807) is 7.05 Å². The van der Waals surface area contributed by atoms with Crippen molar-refractivity contribution in [3.05, 3.63) is 0 Å². The maximum Gasteiger partial charge on any atom is 0.322 e. The highest BCUT2D eigenvalue weighted by Gasteiger charge is 2.18. The van der Waals surface area contributed by atoms with Crippen LogP contribution in [0.15, 0.2) is 0 Å². The van der Waals surface area contributed by atoms with E-state index in [1.807, 2.05) is 0 Å². The fourth-order valence-electron chi connectivity index (χ4n) is 2.05. The van der Waals surface area contributed by atoms with E-state index < -0.39 is 0 Å².